The molecule has 0 aliphatic rings. The minimum Gasteiger partial charge on any atom is -0.366 e. The standard InChI is InChI=1S/C10H17NO/c1-2-3-4-5-6-7-8-9-10(11)12/h2-3,8-9H,4-7H2,1H3,(H2,11,12). The van der Waals surface area contributed by atoms with Crippen LogP contribution in [0.15, 0.2) is 24.3 Å². The maximum atomic E-state index is 10.3. The van der Waals surface area contributed by atoms with Gasteiger partial charge in [-0.15, -0.1) is 0 Å². The summed E-state index contributed by atoms with van der Waals surface area (Å²) < 4.78 is 0. The Morgan fingerprint density at radius 1 is 1.25 bits per heavy atom. The summed E-state index contributed by atoms with van der Waals surface area (Å²) in [4.78, 5) is 10.3. The van der Waals surface area contributed by atoms with Gasteiger partial charge in [-0.3, -0.25) is 4.79 Å². The summed E-state index contributed by atoms with van der Waals surface area (Å²) in [5.41, 5.74) is 4.92. The highest BCUT2D eigenvalue weighted by Crippen LogP contribution is 2.01. The van der Waals surface area contributed by atoms with E-state index in [0.29, 0.717) is 0 Å². The van der Waals surface area contributed by atoms with Gasteiger partial charge in [0, 0.05) is 0 Å². The predicted molar refractivity (Wildman–Crippen MR) is 51.6 cm³/mol. The molecule has 0 aliphatic heterocycles. The van der Waals surface area contributed by atoms with Crippen LogP contribution in [0, 0.1) is 0 Å². The minimum atomic E-state index is -0.358. The van der Waals surface area contributed by atoms with E-state index in [1.165, 1.54) is 12.5 Å². The highest BCUT2D eigenvalue weighted by molar-refractivity contribution is 5.85. The van der Waals surface area contributed by atoms with Crippen molar-refractivity contribution in [2.24, 2.45) is 5.73 Å². The summed E-state index contributed by atoms with van der Waals surface area (Å²) >= 11 is 0. The molecule has 0 aromatic heterocycles. The van der Waals surface area contributed by atoms with Crippen LogP contribution in [0.2, 0.25) is 0 Å². The van der Waals surface area contributed by atoms with Crippen molar-refractivity contribution in [1.29, 1.82) is 0 Å². The fraction of sp³-hybridized carbons (Fsp3) is 0.500. The molecule has 0 aliphatic carbocycles. The second-order valence-electron chi connectivity index (χ2n) is 2.66. The molecule has 2 N–H and O–H groups in total. The average molecular weight is 167 g/mol. The Morgan fingerprint density at radius 2 is 1.83 bits per heavy atom. The molecule has 1 amide bonds. The van der Waals surface area contributed by atoms with Crippen molar-refractivity contribution in [2.75, 3.05) is 0 Å². The average Bonchev–Trinajstić information content (AvgIpc) is 2.02. The van der Waals surface area contributed by atoms with Crippen molar-refractivity contribution in [3.8, 4) is 0 Å². The zero-order chi connectivity index (χ0) is 9.23. The molecule has 12 heavy (non-hydrogen) atoms. The number of primary amides is 1. The van der Waals surface area contributed by atoms with E-state index in [1.54, 1.807) is 0 Å². The van der Waals surface area contributed by atoms with Crippen molar-refractivity contribution >= 4 is 5.91 Å². The molecule has 0 saturated carbocycles. The molecule has 0 rings (SSSR count). The zero-order valence-corrected chi connectivity index (χ0v) is 7.62. The van der Waals surface area contributed by atoms with Crippen LogP contribution in [0.5, 0.6) is 0 Å². The normalized spacial score (nSPS) is 11.4. The highest BCUT2D eigenvalue weighted by atomic mass is 16.1. The van der Waals surface area contributed by atoms with Crippen molar-refractivity contribution in [2.45, 2.75) is 32.6 Å². The molecule has 0 spiro atoms. The van der Waals surface area contributed by atoms with Gasteiger partial charge in [-0.25, -0.2) is 0 Å². The van der Waals surface area contributed by atoms with Crippen LogP contribution in [0.1, 0.15) is 32.6 Å². The number of carbonyl (C=O) groups is 1. The SMILES string of the molecule is CC=CCCCCC=CC(N)=O. The van der Waals surface area contributed by atoms with Gasteiger partial charge >= 0.3 is 0 Å². The lowest BCUT2D eigenvalue weighted by molar-refractivity contribution is -0.113. The van der Waals surface area contributed by atoms with Crippen LogP contribution in [0.4, 0.5) is 0 Å². The largest absolute Gasteiger partial charge is 0.366 e. The number of rotatable bonds is 6. The molecule has 0 radical (unpaired) electrons. The van der Waals surface area contributed by atoms with E-state index >= 15 is 0 Å². The van der Waals surface area contributed by atoms with E-state index in [2.05, 4.69) is 12.2 Å². The zero-order valence-electron chi connectivity index (χ0n) is 7.62. The van der Waals surface area contributed by atoms with Gasteiger partial charge in [0.15, 0.2) is 0 Å². The van der Waals surface area contributed by atoms with Crippen molar-refractivity contribution < 1.29 is 4.79 Å². The molecule has 68 valence electrons. The number of hydrogen-bond donors (Lipinski definition) is 1. The number of unbranched alkanes of at least 4 members (excludes halogenated alkanes) is 3. The second kappa shape index (κ2) is 8.05. The first-order valence-electron chi connectivity index (χ1n) is 4.34. The highest BCUT2D eigenvalue weighted by Gasteiger charge is 1.84. The van der Waals surface area contributed by atoms with Crippen LogP contribution in [-0.4, -0.2) is 5.91 Å². The summed E-state index contributed by atoms with van der Waals surface area (Å²) in [6, 6.07) is 0. The third kappa shape index (κ3) is 8.95. The molecule has 0 heterocycles. The number of amides is 1. The first-order valence-corrected chi connectivity index (χ1v) is 4.34. The van der Waals surface area contributed by atoms with Crippen LogP contribution >= 0.6 is 0 Å². The maximum absolute atomic E-state index is 10.3. The van der Waals surface area contributed by atoms with E-state index < -0.39 is 0 Å². The predicted octanol–water partition coefficient (Wildman–Crippen LogP) is 2.16. The van der Waals surface area contributed by atoms with Gasteiger partial charge < -0.3 is 5.73 Å². The first kappa shape index (κ1) is 11.0. The third-order valence-electron chi connectivity index (χ3n) is 1.51. The van der Waals surface area contributed by atoms with Gasteiger partial charge in [0.1, 0.15) is 0 Å². The third-order valence-corrected chi connectivity index (χ3v) is 1.51. The maximum Gasteiger partial charge on any atom is 0.241 e. The lowest BCUT2D eigenvalue weighted by Crippen LogP contribution is -2.05. The summed E-state index contributed by atoms with van der Waals surface area (Å²) in [5, 5.41) is 0. The summed E-state index contributed by atoms with van der Waals surface area (Å²) in [6.45, 7) is 2.02. The number of hydrogen-bond acceptors (Lipinski definition) is 1. The second-order valence-corrected chi connectivity index (χ2v) is 2.66. The van der Waals surface area contributed by atoms with Gasteiger partial charge in [-0.05, 0) is 38.7 Å². The fourth-order valence-corrected chi connectivity index (χ4v) is 0.891. The molecule has 0 bridgehead atoms. The lowest BCUT2D eigenvalue weighted by atomic mass is 10.2. The van der Waals surface area contributed by atoms with Gasteiger partial charge in [-0.2, -0.15) is 0 Å². The van der Waals surface area contributed by atoms with Gasteiger partial charge in [0.2, 0.25) is 5.91 Å². The number of allylic oxidation sites excluding steroid dienone is 3. The molecule has 0 aromatic rings. The van der Waals surface area contributed by atoms with E-state index in [4.69, 9.17) is 5.73 Å². The Labute approximate surface area is 74.1 Å². The molecule has 0 aromatic carbocycles. The Morgan fingerprint density at radius 3 is 2.33 bits per heavy atom. The van der Waals surface area contributed by atoms with Gasteiger partial charge in [-0.1, -0.05) is 18.2 Å². The molecule has 2 heteroatoms. The topological polar surface area (TPSA) is 43.1 Å². The Hall–Kier alpha value is -1.05. The first-order chi connectivity index (χ1) is 5.77. The van der Waals surface area contributed by atoms with Crippen LogP contribution in [0.25, 0.3) is 0 Å². The summed E-state index contributed by atoms with van der Waals surface area (Å²) in [7, 11) is 0. The number of carbonyl (C=O) groups excluding carboxylic acids is 1. The van der Waals surface area contributed by atoms with Crippen molar-refractivity contribution in [1.82, 2.24) is 0 Å². The smallest absolute Gasteiger partial charge is 0.241 e. The van der Waals surface area contributed by atoms with E-state index in [0.717, 1.165) is 19.3 Å². The van der Waals surface area contributed by atoms with E-state index in [1.807, 2.05) is 13.0 Å². The van der Waals surface area contributed by atoms with Gasteiger partial charge in [0.25, 0.3) is 0 Å². The minimum absolute atomic E-state index is 0.358. The fourth-order valence-electron chi connectivity index (χ4n) is 0.891. The molecule has 0 unspecified atom stereocenters. The molecule has 2 nitrogen and oxygen atoms in total. The lowest BCUT2D eigenvalue weighted by Gasteiger charge is -1.91. The molecule has 0 saturated heterocycles. The van der Waals surface area contributed by atoms with Crippen LogP contribution < -0.4 is 5.73 Å². The van der Waals surface area contributed by atoms with Gasteiger partial charge in [0.05, 0.1) is 0 Å². The molecular formula is C10H17NO. The molecule has 0 fully saturated rings. The van der Waals surface area contributed by atoms with Crippen LogP contribution in [-0.2, 0) is 4.79 Å². The quantitative estimate of drug-likeness (QED) is 0.367. The molecular weight excluding hydrogens is 150 g/mol. The Balaban J connectivity index is 3.16. The van der Waals surface area contributed by atoms with Crippen molar-refractivity contribution in [3.05, 3.63) is 24.3 Å². The van der Waals surface area contributed by atoms with E-state index in [-0.39, 0.29) is 5.91 Å². The monoisotopic (exact) mass is 167 g/mol. The molecule has 0 atom stereocenters. The number of nitrogens with two attached hydrogens (primary N) is 1. The summed E-state index contributed by atoms with van der Waals surface area (Å²) in [5.74, 6) is -0.358. The van der Waals surface area contributed by atoms with E-state index in [9.17, 15) is 4.79 Å². The van der Waals surface area contributed by atoms with Crippen molar-refractivity contribution in [3.63, 3.8) is 0 Å². The Kier molecular flexibility index (Phi) is 7.35. The Bertz CT molecular complexity index is 171. The van der Waals surface area contributed by atoms with Crippen LogP contribution in [0.3, 0.4) is 0 Å². The summed E-state index contributed by atoms with van der Waals surface area (Å²) in [6.07, 6.45) is 11.8.